The third-order valence-electron chi connectivity index (χ3n) is 4.17. The van der Waals surface area contributed by atoms with Crippen LogP contribution in [0.5, 0.6) is 0 Å². The molecular weight excluding hydrogens is 298 g/mol. The van der Waals surface area contributed by atoms with E-state index in [0.717, 1.165) is 13.1 Å². The first-order chi connectivity index (χ1) is 10.7. The SMILES string of the molecule is Cc1noc(C)c1C(=O)NCC(c1cccs1)N1CCCC1. The van der Waals surface area contributed by atoms with Crippen LogP contribution in [0.4, 0.5) is 0 Å². The zero-order valence-corrected chi connectivity index (χ0v) is 13.8. The molecule has 6 heteroatoms. The van der Waals surface area contributed by atoms with Gasteiger partial charge in [0.15, 0.2) is 0 Å². The van der Waals surface area contributed by atoms with Crippen LogP contribution in [-0.2, 0) is 0 Å². The number of nitrogens with one attached hydrogen (secondary N) is 1. The Morgan fingerprint density at radius 3 is 2.82 bits per heavy atom. The molecule has 2 aromatic heterocycles. The molecule has 1 fully saturated rings. The van der Waals surface area contributed by atoms with Crippen molar-refractivity contribution in [3.05, 3.63) is 39.4 Å². The number of nitrogens with zero attached hydrogens (tertiary/aromatic N) is 2. The monoisotopic (exact) mass is 319 g/mol. The Bertz CT molecular complexity index is 610. The van der Waals surface area contributed by atoms with E-state index in [-0.39, 0.29) is 11.9 Å². The van der Waals surface area contributed by atoms with Crippen molar-refractivity contribution in [2.45, 2.75) is 32.7 Å². The van der Waals surface area contributed by atoms with Crippen LogP contribution >= 0.6 is 11.3 Å². The number of aryl methyl sites for hydroxylation is 2. The van der Waals surface area contributed by atoms with Crippen LogP contribution in [0.1, 0.15) is 45.6 Å². The van der Waals surface area contributed by atoms with Gasteiger partial charge >= 0.3 is 0 Å². The second-order valence-electron chi connectivity index (χ2n) is 5.68. The normalized spacial score (nSPS) is 16.8. The molecule has 1 N–H and O–H groups in total. The van der Waals surface area contributed by atoms with Gasteiger partial charge in [-0.05, 0) is 51.2 Å². The van der Waals surface area contributed by atoms with Crippen molar-refractivity contribution < 1.29 is 9.32 Å². The average Bonchev–Trinajstić information content (AvgIpc) is 3.22. The number of thiophene rings is 1. The standard InChI is InChI=1S/C16H21N3O2S/c1-11-15(12(2)21-18-11)16(20)17-10-13(14-6-5-9-22-14)19-7-3-4-8-19/h5-6,9,13H,3-4,7-8,10H2,1-2H3,(H,17,20). The summed E-state index contributed by atoms with van der Waals surface area (Å²) in [6, 6.07) is 4.47. The smallest absolute Gasteiger partial charge is 0.256 e. The summed E-state index contributed by atoms with van der Waals surface area (Å²) in [4.78, 5) is 16.2. The lowest BCUT2D eigenvalue weighted by atomic mass is 10.1. The van der Waals surface area contributed by atoms with E-state index in [2.05, 4.69) is 32.9 Å². The fraction of sp³-hybridized carbons (Fsp3) is 0.500. The molecule has 0 radical (unpaired) electrons. The predicted molar refractivity (Wildman–Crippen MR) is 86.2 cm³/mol. The van der Waals surface area contributed by atoms with Gasteiger partial charge in [0.25, 0.3) is 5.91 Å². The van der Waals surface area contributed by atoms with E-state index < -0.39 is 0 Å². The fourth-order valence-electron chi connectivity index (χ4n) is 3.03. The third kappa shape index (κ3) is 3.08. The summed E-state index contributed by atoms with van der Waals surface area (Å²) in [5.41, 5.74) is 1.20. The summed E-state index contributed by atoms with van der Waals surface area (Å²) in [6.45, 7) is 6.38. The van der Waals surface area contributed by atoms with E-state index in [1.165, 1.54) is 17.7 Å². The largest absolute Gasteiger partial charge is 0.361 e. The number of amides is 1. The number of hydrogen-bond acceptors (Lipinski definition) is 5. The fourth-order valence-corrected chi connectivity index (χ4v) is 3.89. The minimum atomic E-state index is -0.1000. The second kappa shape index (κ2) is 6.62. The first-order valence-corrected chi connectivity index (χ1v) is 8.53. The minimum Gasteiger partial charge on any atom is -0.361 e. The average molecular weight is 319 g/mol. The minimum absolute atomic E-state index is 0.1000. The van der Waals surface area contributed by atoms with E-state index in [1.54, 1.807) is 25.2 Å². The Hall–Kier alpha value is -1.66. The van der Waals surface area contributed by atoms with Crippen LogP contribution in [0.25, 0.3) is 0 Å². The topological polar surface area (TPSA) is 58.4 Å². The highest BCUT2D eigenvalue weighted by Gasteiger charge is 2.26. The van der Waals surface area contributed by atoms with Gasteiger partial charge in [-0.25, -0.2) is 0 Å². The molecular formula is C16H21N3O2S. The summed E-state index contributed by atoms with van der Waals surface area (Å²) in [7, 11) is 0. The van der Waals surface area contributed by atoms with E-state index in [0.29, 0.717) is 23.6 Å². The molecule has 5 nitrogen and oxygen atoms in total. The first-order valence-electron chi connectivity index (χ1n) is 7.65. The molecule has 1 amide bonds. The molecule has 1 atom stereocenters. The van der Waals surface area contributed by atoms with Crippen LogP contribution in [0.3, 0.4) is 0 Å². The lowest BCUT2D eigenvalue weighted by Gasteiger charge is -2.26. The number of carbonyl (C=O) groups excluding carboxylic acids is 1. The van der Waals surface area contributed by atoms with Crippen molar-refractivity contribution in [3.8, 4) is 0 Å². The number of hydrogen-bond donors (Lipinski definition) is 1. The van der Waals surface area contributed by atoms with Crippen LogP contribution in [0, 0.1) is 13.8 Å². The van der Waals surface area contributed by atoms with Gasteiger partial charge in [-0.2, -0.15) is 0 Å². The molecule has 22 heavy (non-hydrogen) atoms. The van der Waals surface area contributed by atoms with Crippen molar-refractivity contribution >= 4 is 17.2 Å². The Morgan fingerprint density at radius 2 is 2.23 bits per heavy atom. The van der Waals surface area contributed by atoms with Gasteiger partial charge in [-0.15, -0.1) is 11.3 Å². The molecule has 0 aliphatic carbocycles. The lowest BCUT2D eigenvalue weighted by molar-refractivity contribution is 0.0936. The van der Waals surface area contributed by atoms with Gasteiger partial charge in [0.2, 0.25) is 0 Å². The molecule has 0 aromatic carbocycles. The van der Waals surface area contributed by atoms with Crippen LogP contribution in [0.2, 0.25) is 0 Å². The van der Waals surface area contributed by atoms with Gasteiger partial charge in [0.05, 0.1) is 11.7 Å². The van der Waals surface area contributed by atoms with E-state index in [1.807, 2.05) is 0 Å². The highest BCUT2D eigenvalue weighted by Crippen LogP contribution is 2.28. The molecule has 2 aromatic rings. The molecule has 0 saturated carbocycles. The maximum absolute atomic E-state index is 12.4. The number of rotatable bonds is 5. The molecule has 0 spiro atoms. The Balaban J connectivity index is 1.70. The second-order valence-corrected chi connectivity index (χ2v) is 6.66. The first kappa shape index (κ1) is 15.2. The van der Waals surface area contributed by atoms with E-state index in [9.17, 15) is 4.79 Å². The molecule has 3 heterocycles. The van der Waals surface area contributed by atoms with Crippen molar-refractivity contribution in [1.29, 1.82) is 0 Å². The van der Waals surface area contributed by atoms with Gasteiger partial charge in [0.1, 0.15) is 11.3 Å². The maximum atomic E-state index is 12.4. The summed E-state index contributed by atoms with van der Waals surface area (Å²) < 4.78 is 5.08. The zero-order valence-electron chi connectivity index (χ0n) is 13.0. The number of likely N-dealkylation sites (tertiary alicyclic amines) is 1. The Kier molecular flexibility index (Phi) is 4.59. The van der Waals surface area contributed by atoms with Crippen LogP contribution in [0.15, 0.2) is 22.0 Å². The lowest BCUT2D eigenvalue weighted by Crippen LogP contribution is -2.36. The summed E-state index contributed by atoms with van der Waals surface area (Å²) >= 11 is 1.75. The van der Waals surface area contributed by atoms with E-state index >= 15 is 0 Å². The van der Waals surface area contributed by atoms with Crippen molar-refractivity contribution in [2.24, 2.45) is 0 Å². The third-order valence-corrected chi connectivity index (χ3v) is 5.14. The zero-order chi connectivity index (χ0) is 15.5. The summed E-state index contributed by atoms with van der Waals surface area (Å²) in [5, 5.41) is 9.00. The van der Waals surface area contributed by atoms with Crippen molar-refractivity contribution in [2.75, 3.05) is 19.6 Å². The molecule has 0 bridgehead atoms. The van der Waals surface area contributed by atoms with Gasteiger partial charge in [-0.1, -0.05) is 11.2 Å². The molecule has 1 saturated heterocycles. The maximum Gasteiger partial charge on any atom is 0.256 e. The Labute approximate surface area is 134 Å². The van der Waals surface area contributed by atoms with Crippen molar-refractivity contribution in [3.63, 3.8) is 0 Å². The number of aromatic nitrogens is 1. The van der Waals surface area contributed by atoms with Gasteiger partial charge in [0, 0.05) is 11.4 Å². The van der Waals surface area contributed by atoms with Crippen LogP contribution in [-0.4, -0.2) is 35.6 Å². The van der Waals surface area contributed by atoms with E-state index in [4.69, 9.17) is 4.52 Å². The van der Waals surface area contributed by atoms with Crippen molar-refractivity contribution in [1.82, 2.24) is 15.4 Å². The highest BCUT2D eigenvalue weighted by atomic mass is 32.1. The van der Waals surface area contributed by atoms with Crippen LogP contribution < -0.4 is 5.32 Å². The summed E-state index contributed by atoms with van der Waals surface area (Å²) in [5.74, 6) is 0.473. The quantitative estimate of drug-likeness (QED) is 0.920. The Morgan fingerprint density at radius 1 is 1.45 bits per heavy atom. The molecule has 1 unspecified atom stereocenters. The molecule has 3 rings (SSSR count). The number of carbonyl (C=O) groups is 1. The predicted octanol–water partition coefficient (Wildman–Crippen LogP) is 2.92. The molecule has 1 aliphatic rings. The van der Waals surface area contributed by atoms with Gasteiger partial charge < -0.3 is 9.84 Å². The molecule has 1 aliphatic heterocycles. The van der Waals surface area contributed by atoms with Gasteiger partial charge in [-0.3, -0.25) is 9.69 Å². The molecule has 118 valence electrons. The summed E-state index contributed by atoms with van der Waals surface area (Å²) in [6.07, 6.45) is 2.47. The highest BCUT2D eigenvalue weighted by molar-refractivity contribution is 7.10.